The van der Waals surface area contributed by atoms with Gasteiger partial charge in [0.2, 0.25) is 0 Å². The predicted octanol–water partition coefficient (Wildman–Crippen LogP) is 4.74. The first-order chi connectivity index (χ1) is 13.3. The molecule has 2 fully saturated rings. The van der Waals surface area contributed by atoms with Crippen LogP contribution in [0.5, 0.6) is 5.75 Å². The molecule has 2 aliphatic rings. The number of rotatable bonds is 7. The second-order valence-electron chi connectivity index (χ2n) is 8.07. The van der Waals surface area contributed by atoms with E-state index in [0.29, 0.717) is 12.6 Å². The molecule has 1 aromatic carbocycles. The van der Waals surface area contributed by atoms with E-state index in [9.17, 15) is 4.79 Å². The molecule has 2 heterocycles. The summed E-state index contributed by atoms with van der Waals surface area (Å²) in [5, 5.41) is 0. The highest BCUT2D eigenvalue weighted by atomic mass is 16.5. The predicted molar refractivity (Wildman–Crippen MR) is 110 cm³/mol. The van der Waals surface area contributed by atoms with Crippen LogP contribution in [-0.2, 0) is 0 Å². The van der Waals surface area contributed by atoms with Crippen LogP contribution in [0.4, 0.5) is 0 Å². The topological polar surface area (TPSA) is 32.8 Å². The van der Waals surface area contributed by atoms with Crippen molar-refractivity contribution >= 4 is 5.91 Å². The van der Waals surface area contributed by atoms with Gasteiger partial charge in [0, 0.05) is 24.7 Å². The molecule has 1 amide bonds. The third-order valence-corrected chi connectivity index (χ3v) is 5.92. The van der Waals surface area contributed by atoms with Crippen LogP contribution in [0.2, 0.25) is 0 Å². The van der Waals surface area contributed by atoms with Gasteiger partial charge in [-0.3, -0.25) is 4.79 Å². The Bertz CT molecular complexity index is 581. The lowest BCUT2D eigenvalue weighted by Crippen LogP contribution is -2.45. The van der Waals surface area contributed by atoms with Gasteiger partial charge in [-0.05, 0) is 76.2 Å². The summed E-state index contributed by atoms with van der Waals surface area (Å²) in [6.07, 6.45) is 11.0. The van der Waals surface area contributed by atoms with Gasteiger partial charge in [0.25, 0.3) is 5.91 Å². The first-order valence-corrected chi connectivity index (χ1v) is 11.0. The molecule has 3 rings (SSSR count). The molecule has 150 valence electrons. The molecule has 0 aliphatic carbocycles. The summed E-state index contributed by atoms with van der Waals surface area (Å²) in [4.78, 5) is 18.0. The van der Waals surface area contributed by atoms with E-state index >= 15 is 0 Å². The van der Waals surface area contributed by atoms with Crippen LogP contribution in [0.15, 0.2) is 24.3 Å². The van der Waals surface area contributed by atoms with Crippen molar-refractivity contribution in [2.75, 3.05) is 32.8 Å². The van der Waals surface area contributed by atoms with Crippen LogP contribution in [0, 0.1) is 0 Å². The number of hydrogen-bond donors (Lipinski definition) is 0. The molecule has 0 radical (unpaired) electrons. The van der Waals surface area contributed by atoms with Crippen molar-refractivity contribution in [3.05, 3.63) is 29.8 Å². The number of benzene rings is 1. The molecule has 0 aromatic heterocycles. The normalized spacial score (nSPS) is 21.7. The molecule has 2 saturated heterocycles. The zero-order chi connectivity index (χ0) is 18.9. The van der Waals surface area contributed by atoms with E-state index in [4.69, 9.17) is 4.74 Å². The number of carbonyl (C=O) groups excluding carboxylic acids is 1. The maximum Gasteiger partial charge on any atom is 0.254 e. The summed E-state index contributed by atoms with van der Waals surface area (Å²) in [6, 6.07) is 8.11. The quantitative estimate of drug-likeness (QED) is 0.693. The van der Waals surface area contributed by atoms with Crippen molar-refractivity contribution < 1.29 is 9.53 Å². The Hall–Kier alpha value is -1.55. The van der Waals surface area contributed by atoms with E-state index < -0.39 is 0 Å². The Kier molecular flexibility index (Phi) is 8.00. The highest BCUT2D eigenvalue weighted by molar-refractivity contribution is 5.94. The molecule has 0 spiro atoms. The minimum absolute atomic E-state index is 0.178. The lowest BCUT2D eigenvalue weighted by molar-refractivity contribution is 0.0584. The highest BCUT2D eigenvalue weighted by Crippen LogP contribution is 2.24. The standard InChI is InChI=1S/C23H36N2O2/c1-2-18-27-22-12-9-10-20(19-22)23(26)25-16-8-5-11-21(25)13-17-24-14-6-3-4-7-15-24/h9-10,12,19,21H,2-8,11,13-18H2,1H3/t21-/m1/s1. The highest BCUT2D eigenvalue weighted by Gasteiger charge is 2.28. The molecule has 1 aromatic rings. The zero-order valence-corrected chi connectivity index (χ0v) is 17.0. The second kappa shape index (κ2) is 10.7. The van der Waals surface area contributed by atoms with Gasteiger partial charge in [-0.15, -0.1) is 0 Å². The van der Waals surface area contributed by atoms with E-state index in [1.807, 2.05) is 24.3 Å². The van der Waals surface area contributed by atoms with Crippen LogP contribution in [-0.4, -0.2) is 54.5 Å². The van der Waals surface area contributed by atoms with Gasteiger partial charge in [-0.25, -0.2) is 0 Å². The van der Waals surface area contributed by atoms with Crippen LogP contribution in [0.25, 0.3) is 0 Å². The molecule has 0 N–H and O–H groups in total. The van der Waals surface area contributed by atoms with Crippen molar-refractivity contribution in [2.45, 2.75) is 70.8 Å². The number of piperidine rings is 1. The fourth-order valence-corrected chi connectivity index (χ4v) is 4.36. The van der Waals surface area contributed by atoms with Crippen LogP contribution in [0.3, 0.4) is 0 Å². The van der Waals surface area contributed by atoms with Crippen LogP contribution < -0.4 is 4.74 Å². The maximum absolute atomic E-state index is 13.2. The summed E-state index contributed by atoms with van der Waals surface area (Å²) < 4.78 is 5.72. The zero-order valence-electron chi connectivity index (χ0n) is 17.0. The Balaban J connectivity index is 1.61. The van der Waals surface area contributed by atoms with E-state index in [2.05, 4.69) is 16.7 Å². The molecule has 0 unspecified atom stereocenters. The molecule has 0 bridgehead atoms. The Labute approximate surface area is 164 Å². The van der Waals surface area contributed by atoms with Crippen molar-refractivity contribution in [1.29, 1.82) is 0 Å². The number of carbonyl (C=O) groups is 1. The first-order valence-electron chi connectivity index (χ1n) is 11.0. The van der Waals surface area contributed by atoms with E-state index in [-0.39, 0.29) is 5.91 Å². The largest absolute Gasteiger partial charge is 0.494 e. The van der Waals surface area contributed by atoms with Gasteiger partial charge < -0.3 is 14.5 Å². The Morgan fingerprint density at radius 1 is 1.07 bits per heavy atom. The number of ether oxygens (including phenoxy) is 1. The fourth-order valence-electron chi connectivity index (χ4n) is 4.36. The summed E-state index contributed by atoms with van der Waals surface area (Å²) in [5.74, 6) is 0.985. The van der Waals surface area contributed by atoms with Crippen LogP contribution >= 0.6 is 0 Å². The molecule has 0 saturated carbocycles. The molecular weight excluding hydrogens is 336 g/mol. The average molecular weight is 373 g/mol. The van der Waals surface area contributed by atoms with Gasteiger partial charge in [-0.2, -0.15) is 0 Å². The molecule has 4 heteroatoms. The van der Waals surface area contributed by atoms with Gasteiger partial charge in [0.15, 0.2) is 0 Å². The molecule has 1 atom stereocenters. The second-order valence-corrected chi connectivity index (χ2v) is 8.07. The van der Waals surface area contributed by atoms with E-state index in [1.165, 1.54) is 45.2 Å². The van der Waals surface area contributed by atoms with E-state index in [0.717, 1.165) is 50.1 Å². The maximum atomic E-state index is 13.2. The number of amides is 1. The minimum Gasteiger partial charge on any atom is -0.494 e. The van der Waals surface area contributed by atoms with Crippen molar-refractivity contribution in [3.8, 4) is 5.75 Å². The lowest BCUT2D eigenvalue weighted by atomic mass is 9.97. The summed E-state index contributed by atoms with van der Waals surface area (Å²) in [5.41, 5.74) is 0.769. The van der Waals surface area contributed by atoms with Gasteiger partial charge >= 0.3 is 0 Å². The van der Waals surface area contributed by atoms with Crippen LogP contribution in [0.1, 0.15) is 75.1 Å². The third-order valence-electron chi connectivity index (χ3n) is 5.92. The van der Waals surface area contributed by atoms with Gasteiger partial charge in [0.1, 0.15) is 5.75 Å². The Morgan fingerprint density at radius 3 is 2.63 bits per heavy atom. The summed E-state index contributed by atoms with van der Waals surface area (Å²) in [6.45, 7) is 7.28. The molecule has 27 heavy (non-hydrogen) atoms. The van der Waals surface area contributed by atoms with Gasteiger partial charge in [-0.1, -0.05) is 25.8 Å². The number of nitrogens with zero attached hydrogens (tertiary/aromatic N) is 2. The Morgan fingerprint density at radius 2 is 1.85 bits per heavy atom. The van der Waals surface area contributed by atoms with Gasteiger partial charge in [0.05, 0.1) is 6.61 Å². The average Bonchev–Trinajstić information content (AvgIpc) is 2.99. The third kappa shape index (κ3) is 5.97. The lowest BCUT2D eigenvalue weighted by Gasteiger charge is -2.37. The molecule has 4 nitrogen and oxygen atoms in total. The number of hydrogen-bond acceptors (Lipinski definition) is 3. The van der Waals surface area contributed by atoms with Crippen molar-refractivity contribution in [3.63, 3.8) is 0 Å². The fraction of sp³-hybridized carbons (Fsp3) is 0.696. The van der Waals surface area contributed by atoms with Crippen molar-refractivity contribution in [2.24, 2.45) is 0 Å². The monoisotopic (exact) mass is 372 g/mol. The smallest absolute Gasteiger partial charge is 0.254 e. The molecule has 2 aliphatic heterocycles. The SMILES string of the molecule is CCCOc1cccc(C(=O)N2CCCC[C@@H]2CCN2CCCCCC2)c1. The van der Waals surface area contributed by atoms with E-state index in [1.54, 1.807) is 0 Å². The van der Waals surface area contributed by atoms with Crippen molar-refractivity contribution in [1.82, 2.24) is 9.80 Å². The first kappa shape index (κ1) is 20.2. The molecular formula is C23H36N2O2. The summed E-state index contributed by atoms with van der Waals surface area (Å²) in [7, 11) is 0. The summed E-state index contributed by atoms with van der Waals surface area (Å²) >= 11 is 0. The number of likely N-dealkylation sites (tertiary alicyclic amines) is 2. The minimum atomic E-state index is 0.178.